The van der Waals surface area contributed by atoms with Gasteiger partial charge in [-0.25, -0.2) is 0 Å². The van der Waals surface area contributed by atoms with Gasteiger partial charge in [-0.15, -0.1) is 0 Å². The van der Waals surface area contributed by atoms with Gasteiger partial charge in [0.15, 0.2) is 11.5 Å². The molecule has 0 aromatic heterocycles. The third-order valence-electron chi connectivity index (χ3n) is 4.68. The molecule has 2 aromatic carbocycles. The summed E-state index contributed by atoms with van der Waals surface area (Å²) in [5.74, 6) is -0.723. The molecule has 3 rings (SSSR count). The highest BCUT2D eigenvalue weighted by Gasteiger charge is 2.34. The number of nitrogens with zero attached hydrogens (tertiary/aromatic N) is 1. The van der Waals surface area contributed by atoms with Gasteiger partial charge >= 0.3 is 0 Å². The molecule has 4 N–H and O–H groups in total. The molecule has 1 saturated heterocycles. The Morgan fingerprint density at radius 1 is 1.04 bits per heavy atom. The zero-order chi connectivity index (χ0) is 19.4. The molecule has 0 saturated carbocycles. The van der Waals surface area contributed by atoms with E-state index in [2.05, 4.69) is 5.32 Å². The summed E-state index contributed by atoms with van der Waals surface area (Å²) in [6.45, 7) is 0.879. The zero-order valence-corrected chi connectivity index (χ0v) is 14.8. The Hall–Kier alpha value is -3.22. The number of aromatic hydroxyl groups is 3. The summed E-state index contributed by atoms with van der Waals surface area (Å²) in [5, 5.41) is 31.0. The SMILES string of the molecule is O=C(NCCc1ccc(O)c(O)c1)[C@@H]1CCCN1C(=O)c1ccc(O)cc1. The summed E-state index contributed by atoms with van der Waals surface area (Å²) in [4.78, 5) is 26.7. The zero-order valence-electron chi connectivity index (χ0n) is 14.8. The third-order valence-corrected chi connectivity index (χ3v) is 4.68. The van der Waals surface area contributed by atoms with E-state index in [0.717, 1.165) is 12.0 Å². The molecular weight excluding hydrogens is 348 g/mol. The summed E-state index contributed by atoms with van der Waals surface area (Å²) in [6, 6.07) is 10.0. The molecule has 1 fully saturated rings. The number of benzene rings is 2. The van der Waals surface area contributed by atoms with Crippen molar-refractivity contribution >= 4 is 11.8 Å². The first-order valence-corrected chi connectivity index (χ1v) is 8.84. The van der Waals surface area contributed by atoms with Gasteiger partial charge in [0.2, 0.25) is 5.91 Å². The molecule has 0 radical (unpaired) electrons. The van der Waals surface area contributed by atoms with Crippen LogP contribution in [-0.4, -0.2) is 51.2 Å². The second-order valence-electron chi connectivity index (χ2n) is 6.57. The number of rotatable bonds is 5. The van der Waals surface area contributed by atoms with Crippen LogP contribution in [0.25, 0.3) is 0 Å². The molecule has 142 valence electrons. The predicted octanol–water partition coefficient (Wildman–Crippen LogP) is 1.77. The van der Waals surface area contributed by atoms with Gasteiger partial charge in [0, 0.05) is 18.7 Å². The van der Waals surface area contributed by atoms with Crippen LogP contribution in [0.3, 0.4) is 0 Å². The van der Waals surface area contributed by atoms with E-state index in [1.54, 1.807) is 23.1 Å². The number of hydrogen-bond donors (Lipinski definition) is 4. The Bertz CT molecular complexity index is 835. The van der Waals surface area contributed by atoms with E-state index < -0.39 is 6.04 Å². The number of phenols is 3. The number of carbonyl (C=O) groups is 2. The van der Waals surface area contributed by atoms with E-state index in [9.17, 15) is 24.9 Å². The first-order valence-electron chi connectivity index (χ1n) is 8.84. The van der Waals surface area contributed by atoms with Crippen LogP contribution >= 0.6 is 0 Å². The molecule has 7 nitrogen and oxygen atoms in total. The number of hydrogen-bond acceptors (Lipinski definition) is 5. The van der Waals surface area contributed by atoms with Crippen LogP contribution in [0, 0.1) is 0 Å². The molecule has 7 heteroatoms. The van der Waals surface area contributed by atoms with E-state index in [4.69, 9.17) is 0 Å². The van der Waals surface area contributed by atoms with Crippen molar-refractivity contribution in [1.82, 2.24) is 10.2 Å². The Kier molecular flexibility index (Phi) is 5.49. The largest absolute Gasteiger partial charge is 0.508 e. The average Bonchev–Trinajstić information content (AvgIpc) is 3.14. The van der Waals surface area contributed by atoms with E-state index in [1.165, 1.54) is 24.3 Å². The van der Waals surface area contributed by atoms with Crippen LogP contribution in [0.2, 0.25) is 0 Å². The fourth-order valence-corrected chi connectivity index (χ4v) is 3.22. The Morgan fingerprint density at radius 2 is 1.78 bits per heavy atom. The lowest BCUT2D eigenvalue weighted by atomic mass is 10.1. The summed E-state index contributed by atoms with van der Waals surface area (Å²) in [7, 11) is 0. The number of nitrogens with one attached hydrogen (secondary N) is 1. The lowest BCUT2D eigenvalue weighted by Gasteiger charge is -2.24. The summed E-state index contributed by atoms with van der Waals surface area (Å²) >= 11 is 0. The lowest BCUT2D eigenvalue weighted by molar-refractivity contribution is -0.124. The van der Waals surface area contributed by atoms with Gasteiger partial charge in [0.25, 0.3) is 5.91 Å². The average molecular weight is 370 g/mol. The molecule has 2 amide bonds. The smallest absolute Gasteiger partial charge is 0.254 e. The normalized spacial score (nSPS) is 16.3. The van der Waals surface area contributed by atoms with Gasteiger partial charge in [0.05, 0.1) is 0 Å². The van der Waals surface area contributed by atoms with E-state index in [1.807, 2.05) is 0 Å². The van der Waals surface area contributed by atoms with Crippen LogP contribution in [0.5, 0.6) is 17.2 Å². The van der Waals surface area contributed by atoms with E-state index >= 15 is 0 Å². The monoisotopic (exact) mass is 370 g/mol. The van der Waals surface area contributed by atoms with Crippen molar-refractivity contribution in [2.24, 2.45) is 0 Å². The van der Waals surface area contributed by atoms with Crippen LogP contribution in [0.15, 0.2) is 42.5 Å². The molecule has 1 atom stereocenters. The highest BCUT2D eigenvalue weighted by molar-refractivity contribution is 5.98. The Balaban J connectivity index is 1.57. The van der Waals surface area contributed by atoms with Crippen molar-refractivity contribution < 1.29 is 24.9 Å². The first-order chi connectivity index (χ1) is 13.0. The first kappa shape index (κ1) is 18.6. The molecule has 1 aliphatic heterocycles. The molecule has 0 bridgehead atoms. The molecule has 2 aromatic rings. The van der Waals surface area contributed by atoms with Gasteiger partial charge in [-0.2, -0.15) is 0 Å². The van der Waals surface area contributed by atoms with Gasteiger partial charge in [0.1, 0.15) is 11.8 Å². The maximum atomic E-state index is 12.7. The second-order valence-corrected chi connectivity index (χ2v) is 6.57. The van der Waals surface area contributed by atoms with Gasteiger partial charge < -0.3 is 25.5 Å². The molecule has 1 aliphatic rings. The maximum Gasteiger partial charge on any atom is 0.254 e. The summed E-state index contributed by atoms with van der Waals surface area (Å²) < 4.78 is 0. The Labute approximate surface area is 156 Å². The number of phenolic OH excluding ortho intramolecular Hbond substituents is 3. The number of amides is 2. The predicted molar refractivity (Wildman–Crippen MR) is 98.7 cm³/mol. The molecule has 0 aliphatic carbocycles. The fraction of sp³-hybridized carbons (Fsp3) is 0.300. The molecule has 1 heterocycles. The molecule has 0 spiro atoms. The second kappa shape index (κ2) is 7.99. The lowest BCUT2D eigenvalue weighted by Crippen LogP contribution is -2.46. The van der Waals surface area contributed by atoms with Gasteiger partial charge in [-0.1, -0.05) is 6.07 Å². The van der Waals surface area contributed by atoms with Crippen molar-refractivity contribution in [2.75, 3.05) is 13.1 Å². The Morgan fingerprint density at radius 3 is 2.48 bits per heavy atom. The summed E-state index contributed by atoms with van der Waals surface area (Å²) in [5.41, 5.74) is 1.22. The fourth-order valence-electron chi connectivity index (χ4n) is 3.22. The van der Waals surface area contributed by atoms with Crippen LogP contribution in [0.4, 0.5) is 0 Å². The third kappa shape index (κ3) is 4.31. The quantitative estimate of drug-likeness (QED) is 0.600. The van der Waals surface area contributed by atoms with Crippen LogP contribution < -0.4 is 5.32 Å². The highest BCUT2D eigenvalue weighted by Crippen LogP contribution is 2.25. The topological polar surface area (TPSA) is 110 Å². The van der Waals surface area contributed by atoms with E-state index in [-0.39, 0.29) is 29.1 Å². The highest BCUT2D eigenvalue weighted by atomic mass is 16.3. The number of carbonyl (C=O) groups excluding carboxylic acids is 2. The standard InChI is InChI=1S/C20H22N2O5/c23-15-6-4-14(5-7-15)20(27)22-11-1-2-16(22)19(26)21-10-9-13-3-8-17(24)18(25)12-13/h3-8,12,16,23-25H,1-2,9-11H2,(H,21,26)/t16-/m0/s1. The molecule has 27 heavy (non-hydrogen) atoms. The summed E-state index contributed by atoms with van der Waals surface area (Å²) in [6.07, 6.45) is 1.86. The minimum absolute atomic E-state index is 0.0857. The molecular formula is C20H22N2O5. The van der Waals surface area contributed by atoms with Crippen LogP contribution in [-0.2, 0) is 11.2 Å². The van der Waals surface area contributed by atoms with Crippen molar-refractivity contribution in [3.63, 3.8) is 0 Å². The van der Waals surface area contributed by atoms with Crippen LogP contribution in [0.1, 0.15) is 28.8 Å². The van der Waals surface area contributed by atoms with Crippen molar-refractivity contribution in [2.45, 2.75) is 25.3 Å². The van der Waals surface area contributed by atoms with Gasteiger partial charge in [-0.3, -0.25) is 9.59 Å². The van der Waals surface area contributed by atoms with Crippen molar-refractivity contribution in [3.8, 4) is 17.2 Å². The van der Waals surface area contributed by atoms with Crippen molar-refractivity contribution in [3.05, 3.63) is 53.6 Å². The molecule has 0 unspecified atom stereocenters. The minimum atomic E-state index is -0.514. The minimum Gasteiger partial charge on any atom is -0.508 e. The van der Waals surface area contributed by atoms with Gasteiger partial charge in [-0.05, 0) is 61.2 Å². The van der Waals surface area contributed by atoms with E-state index in [0.29, 0.717) is 31.5 Å². The van der Waals surface area contributed by atoms with Crippen molar-refractivity contribution in [1.29, 1.82) is 0 Å². The number of likely N-dealkylation sites (tertiary alicyclic amines) is 1. The maximum absolute atomic E-state index is 12.7.